The molecule has 0 aliphatic carbocycles. The Hall–Kier alpha value is -5.09. The first-order valence-corrected chi connectivity index (χ1v) is 16.5. The maximum absolute atomic E-state index is 16.5. The zero-order valence-electron chi connectivity index (χ0n) is 27.5. The highest BCUT2D eigenvalue weighted by Gasteiger charge is 2.35. The molecule has 6 aromatic rings. The molecule has 1 aliphatic heterocycles. The lowest BCUT2D eigenvalue weighted by atomic mass is 9.86. The first kappa shape index (κ1) is 31.5. The fourth-order valence-corrected chi connectivity index (χ4v) is 7.63. The maximum Gasteiger partial charge on any atom is 0.307 e. The fraction of sp³-hybridized carbons (Fsp3) is 0.263. The number of aryl methyl sites for hydroxylation is 2. The summed E-state index contributed by atoms with van der Waals surface area (Å²) >= 11 is 1.40. The molecule has 0 spiro atoms. The van der Waals surface area contributed by atoms with Gasteiger partial charge in [0.15, 0.2) is 17.3 Å². The van der Waals surface area contributed by atoms with Crippen molar-refractivity contribution in [3.05, 3.63) is 82.8 Å². The van der Waals surface area contributed by atoms with Gasteiger partial charge in [0.25, 0.3) is 0 Å². The van der Waals surface area contributed by atoms with Crippen LogP contribution in [-0.2, 0) is 18.3 Å². The van der Waals surface area contributed by atoms with Crippen LogP contribution in [0.15, 0.2) is 54.7 Å². The number of ketones is 1. The van der Waals surface area contributed by atoms with E-state index < -0.39 is 17.4 Å². The number of nitrogens with zero attached hydrogens (tertiary/aromatic N) is 3. The van der Waals surface area contributed by atoms with E-state index in [1.165, 1.54) is 11.3 Å². The maximum atomic E-state index is 16.5. The SMILES string of the molecule is Cc1cc2nc(-c3cccc(-c4ccc5c(cnn5C)c4)c3)sc2c(-c2c(C)c3c(c(F)c2OC(C)(C)C)OCCC3=O)c1CC(=O)O. The molecule has 1 N–H and O–H groups in total. The van der Waals surface area contributed by atoms with Crippen LogP contribution in [0.3, 0.4) is 0 Å². The van der Waals surface area contributed by atoms with Crippen molar-refractivity contribution >= 4 is 44.2 Å². The lowest BCUT2D eigenvalue weighted by Gasteiger charge is -2.29. The van der Waals surface area contributed by atoms with E-state index >= 15 is 4.39 Å². The van der Waals surface area contributed by atoms with E-state index in [2.05, 4.69) is 23.3 Å². The molecule has 3 heterocycles. The number of aliphatic carboxylic acids is 1. The Balaban J connectivity index is 1.48. The van der Waals surface area contributed by atoms with Crippen LogP contribution in [0.2, 0.25) is 0 Å². The van der Waals surface area contributed by atoms with Crippen molar-refractivity contribution in [2.75, 3.05) is 6.61 Å². The van der Waals surface area contributed by atoms with Gasteiger partial charge >= 0.3 is 5.97 Å². The summed E-state index contributed by atoms with van der Waals surface area (Å²) in [4.78, 5) is 30.6. The van der Waals surface area contributed by atoms with Gasteiger partial charge in [-0.25, -0.2) is 4.98 Å². The average Bonchev–Trinajstić information content (AvgIpc) is 3.63. The summed E-state index contributed by atoms with van der Waals surface area (Å²) in [6, 6.07) is 16.2. The van der Waals surface area contributed by atoms with Crippen molar-refractivity contribution in [3.63, 3.8) is 0 Å². The number of carboxylic acids is 1. The number of halogens is 1. The van der Waals surface area contributed by atoms with Crippen LogP contribution in [0, 0.1) is 19.7 Å². The highest BCUT2D eigenvalue weighted by molar-refractivity contribution is 7.22. The number of fused-ring (bicyclic) bond motifs is 3. The molecule has 0 radical (unpaired) electrons. The number of hydrogen-bond donors (Lipinski definition) is 1. The molecule has 1 aliphatic rings. The Morgan fingerprint density at radius 1 is 1.06 bits per heavy atom. The number of thiazole rings is 1. The molecule has 0 saturated carbocycles. The van der Waals surface area contributed by atoms with Crippen LogP contribution in [0.4, 0.5) is 4.39 Å². The minimum atomic E-state index is -1.03. The van der Waals surface area contributed by atoms with Crippen LogP contribution < -0.4 is 9.47 Å². The van der Waals surface area contributed by atoms with E-state index in [0.717, 1.165) is 32.6 Å². The van der Waals surface area contributed by atoms with Gasteiger partial charge in [0.1, 0.15) is 10.6 Å². The third kappa shape index (κ3) is 5.39. The van der Waals surface area contributed by atoms with Gasteiger partial charge in [0.05, 0.1) is 40.5 Å². The molecule has 0 fully saturated rings. The fourth-order valence-electron chi connectivity index (χ4n) is 6.51. The van der Waals surface area contributed by atoms with Crippen LogP contribution >= 0.6 is 11.3 Å². The Morgan fingerprint density at radius 2 is 1.81 bits per heavy atom. The molecular formula is C38H34FN3O5S. The average molecular weight is 664 g/mol. The number of Topliss-reactive ketones (excluding diaryl/α,β-unsaturated/α-hetero) is 1. The van der Waals surface area contributed by atoms with E-state index in [1.807, 2.05) is 76.0 Å². The molecule has 0 atom stereocenters. The second kappa shape index (κ2) is 11.6. The van der Waals surface area contributed by atoms with Gasteiger partial charge < -0.3 is 14.6 Å². The first-order valence-electron chi connectivity index (χ1n) is 15.7. The zero-order valence-corrected chi connectivity index (χ0v) is 28.3. The van der Waals surface area contributed by atoms with Crippen LogP contribution in [0.5, 0.6) is 11.5 Å². The normalized spacial score (nSPS) is 13.2. The number of rotatable bonds is 6. The second-order valence-electron chi connectivity index (χ2n) is 13.2. The Labute approximate surface area is 280 Å². The molecule has 244 valence electrons. The monoisotopic (exact) mass is 663 g/mol. The summed E-state index contributed by atoms with van der Waals surface area (Å²) in [7, 11) is 1.91. The number of benzene rings is 4. The van der Waals surface area contributed by atoms with Gasteiger partial charge in [-0.1, -0.05) is 24.3 Å². The van der Waals surface area contributed by atoms with Gasteiger partial charge in [0, 0.05) is 35.5 Å². The van der Waals surface area contributed by atoms with Gasteiger partial charge in [-0.05, 0) is 86.7 Å². The molecule has 0 saturated heterocycles. The topological polar surface area (TPSA) is 104 Å². The van der Waals surface area contributed by atoms with Crippen molar-refractivity contribution in [1.29, 1.82) is 0 Å². The lowest BCUT2D eigenvalue weighted by molar-refractivity contribution is -0.136. The third-order valence-electron chi connectivity index (χ3n) is 8.64. The van der Waals surface area contributed by atoms with Crippen molar-refractivity contribution in [2.24, 2.45) is 7.05 Å². The van der Waals surface area contributed by atoms with E-state index in [9.17, 15) is 14.7 Å². The third-order valence-corrected chi connectivity index (χ3v) is 9.78. The smallest absolute Gasteiger partial charge is 0.307 e. The predicted molar refractivity (Wildman–Crippen MR) is 186 cm³/mol. The molecular weight excluding hydrogens is 629 g/mol. The number of carboxylic acid groups (broad SMARTS) is 1. The van der Waals surface area contributed by atoms with Crippen molar-refractivity contribution in [3.8, 4) is 44.3 Å². The van der Waals surface area contributed by atoms with E-state index in [0.29, 0.717) is 38.0 Å². The summed E-state index contributed by atoms with van der Waals surface area (Å²) in [5.74, 6) is -2.23. The minimum absolute atomic E-state index is 0.0722. The molecule has 0 unspecified atom stereocenters. The minimum Gasteiger partial charge on any atom is -0.489 e. The van der Waals surface area contributed by atoms with Crippen molar-refractivity contribution in [1.82, 2.24) is 14.8 Å². The number of carbonyl (C=O) groups excluding carboxylic acids is 1. The van der Waals surface area contributed by atoms with E-state index in [4.69, 9.17) is 14.5 Å². The quantitative estimate of drug-likeness (QED) is 0.190. The van der Waals surface area contributed by atoms with Gasteiger partial charge in [-0.2, -0.15) is 9.49 Å². The molecule has 2 aromatic heterocycles. The van der Waals surface area contributed by atoms with Gasteiger partial charge in [0.2, 0.25) is 5.82 Å². The Morgan fingerprint density at radius 3 is 2.56 bits per heavy atom. The summed E-state index contributed by atoms with van der Waals surface area (Å²) in [6.45, 7) is 9.08. The molecule has 10 heteroatoms. The molecule has 0 amide bonds. The number of carbonyl (C=O) groups is 2. The van der Waals surface area contributed by atoms with Gasteiger partial charge in [-0.3, -0.25) is 14.3 Å². The standard InChI is InChI=1S/C38H34FN3O5S/c1-19-14-26-36(48-37(41-26)23-9-7-8-21(15-23)22-10-11-27-24(16-22)18-40-42(27)6)32(25(19)17-29(44)45)31-20(2)30-28(43)12-13-46-34(30)33(39)35(31)47-38(3,4)5/h7-11,14-16,18H,12-13,17H2,1-6H3,(H,44,45). The van der Waals surface area contributed by atoms with Gasteiger partial charge in [-0.15, -0.1) is 11.3 Å². The Kier molecular flexibility index (Phi) is 7.58. The molecule has 48 heavy (non-hydrogen) atoms. The molecule has 0 bridgehead atoms. The summed E-state index contributed by atoms with van der Waals surface area (Å²) < 4.78 is 31.0. The molecule has 8 nitrogen and oxygen atoms in total. The Bertz CT molecular complexity index is 2310. The first-order chi connectivity index (χ1) is 22.8. The van der Waals surface area contributed by atoms with Crippen molar-refractivity contribution < 1.29 is 28.6 Å². The number of ether oxygens (including phenoxy) is 2. The summed E-state index contributed by atoms with van der Waals surface area (Å²) in [5.41, 5.74) is 6.48. The predicted octanol–water partition coefficient (Wildman–Crippen LogP) is 8.71. The molecule has 7 rings (SSSR count). The van der Waals surface area contributed by atoms with Crippen LogP contribution in [0.25, 0.3) is 53.9 Å². The second-order valence-corrected chi connectivity index (χ2v) is 14.2. The molecule has 4 aromatic carbocycles. The number of hydrogen-bond acceptors (Lipinski definition) is 7. The highest BCUT2D eigenvalue weighted by Crippen LogP contribution is 2.51. The summed E-state index contributed by atoms with van der Waals surface area (Å²) in [5, 5.41) is 16.2. The van der Waals surface area contributed by atoms with Crippen LogP contribution in [0.1, 0.15) is 54.2 Å². The van der Waals surface area contributed by atoms with Crippen molar-refractivity contribution in [2.45, 2.75) is 53.1 Å². The summed E-state index contributed by atoms with van der Waals surface area (Å²) in [6.07, 6.45) is 1.65. The highest BCUT2D eigenvalue weighted by atomic mass is 32.1. The van der Waals surface area contributed by atoms with E-state index in [1.54, 1.807) is 6.92 Å². The number of aromatic nitrogens is 3. The van der Waals surface area contributed by atoms with E-state index in [-0.39, 0.29) is 42.3 Å². The lowest BCUT2D eigenvalue weighted by Crippen LogP contribution is -2.26. The zero-order chi connectivity index (χ0) is 34.1. The largest absolute Gasteiger partial charge is 0.489 e. The van der Waals surface area contributed by atoms with Crippen LogP contribution in [-0.4, -0.2) is 43.8 Å².